The zero-order valence-corrected chi connectivity index (χ0v) is 18.9. The van der Waals surface area contributed by atoms with Crippen LogP contribution >= 0.6 is 0 Å². The van der Waals surface area contributed by atoms with Crippen LogP contribution in [0.2, 0.25) is 0 Å². The largest absolute Gasteiger partial charge is 0.453 e. The molecule has 3 aromatic heterocycles. The molecule has 3 aromatic carbocycles. The van der Waals surface area contributed by atoms with Crippen LogP contribution in [0.3, 0.4) is 0 Å². The highest BCUT2D eigenvalue weighted by Crippen LogP contribution is 2.41. The molecule has 4 heteroatoms. The molecule has 0 amide bonds. The van der Waals surface area contributed by atoms with Crippen LogP contribution in [-0.4, -0.2) is 4.98 Å². The van der Waals surface area contributed by atoms with Crippen LogP contribution in [0.4, 0.5) is 4.39 Å². The summed E-state index contributed by atoms with van der Waals surface area (Å²) in [5, 5.41) is 0.875. The minimum atomic E-state index is -0.402. The summed E-state index contributed by atoms with van der Waals surface area (Å²) in [6.07, 6.45) is 3.30. The van der Waals surface area contributed by atoms with Crippen molar-refractivity contribution in [3.05, 3.63) is 109 Å². The van der Waals surface area contributed by atoms with Gasteiger partial charge in [-0.05, 0) is 47.4 Å². The molecule has 0 aliphatic carbocycles. The number of rotatable bonds is 3. The van der Waals surface area contributed by atoms with Gasteiger partial charge in [-0.3, -0.25) is 0 Å². The van der Waals surface area contributed by atoms with Gasteiger partial charge in [-0.1, -0.05) is 54.6 Å². The summed E-state index contributed by atoms with van der Waals surface area (Å²) < 4.78 is 23.8. The van der Waals surface area contributed by atoms with Crippen LogP contribution < -0.4 is 4.57 Å². The van der Waals surface area contributed by atoms with Gasteiger partial charge in [0.05, 0.1) is 17.3 Å². The van der Waals surface area contributed by atoms with Crippen molar-refractivity contribution in [1.82, 2.24) is 4.98 Å². The highest BCUT2D eigenvalue weighted by Gasteiger charge is 2.23. The van der Waals surface area contributed by atoms with Crippen molar-refractivity contribution >= 4 is 22.1 Å². The van der Waals surface area contributed by atoms with Crippen molar-refractivity contribution < 1.29 is 13.4 Å². The molecule has 0 saturated carbocycles. The third-order valence-corrected chi connectivity index (χ3v) is 6.38. The molecule has 34 heavy (non-hydrogen) atoms. The van der Waals surface area contributed by atoms with Gasteiger partial charge < -0.3 is 4.42 Å². The van der Waals surface area contributed by atoms with Gasteiger partial charge in [0.2, 0.25) is 5.69 Å². The molecular formula is C30H22FN2O+. The molecule has 0 atom stereocenters. The maximum Gasteiger partial charge on any atom is 0.216 e. The fourth-order valence-electron chi connectivity index (χ4n) is 4.69. The summed E-state index contributed by atoms with van der Waals surface area (Å²) >= 11 is 0. The van der Waals surface area contributed by atoms with E-state index in [-0.39, 0.29) is 0 Å². The predicted octanol–water partition coefficient (Wildman–Crippen LogP) is 7.25. The third kappa shape index (κ3) is 3.19. The average molecular weight is 446 g/mol. The maximum atomic E-state index is 15.3. The summed E-state index contributed by atoms with van der Waals surface area (Å²) in [4.78, 5) is 4.45. The lowest BCUT2D eigenvalue weighted by atomic mass is 9.98. The standard InChI is InChI=1S/C30H22FN2O/c1-19-14-15-23-28-30(34-29(23)26(19)25-13-6-7-16-33(25)2)27(24(31)18-32-28)22-12-8-11-21(17-22)20-9-4-3-5-10-20/h3-18H,1-2H3/q+1. The first kappa shape index (κ1) is 20.3. The Kier molecular flexibility index (Phi) is 4.73. The molecule has 0 fully saturated rings. The lowest BCUT2D eigenvalue weighted by Gasteiger charge is -2.07. The van der Waals surface area contributed by atoms with Gasteiger partial charge in [-0.25, -0.2) is 13.9 Å². The second kappa shape index (κ2) is 7.92. The number of nitrogens with zero attached hydrogens (tertiary/aromatic N) is 2. The second-order valence-electron chi connectivity index (χ2n) is 8.54. The van der Waals surface area contributed by atoms with Crippen LogP contribution in [0.15, 0.2) is 102 Å². The number of aromatic nitrogens is 2. The first-order valence-electron chi connectivity index (χ1n) is 11.2. The molecule has 0 spiro atoms. The van der Waals surface area contributed by atoms with E-state index in [1.165, 1.54) is 6.20 Å². The van der Waals surface area contributed by atoms with Gasteiger partial charge >= 0.3 is 0 Å². The Bertz CT molecular complexity index is 1690. The number of aryl methyl sites for hydroxylation is 2. The topological polar surface area (TPSA) is 29.9 Å². The van der Waals surface area contributed by atoms with Crippen molar-refractivity contribution in [2.45, 2.75) is 6.92 Å². The Morgan fingerprint density at radius 2 is 1.53 bits per heavy atom. The van der Waals surface area contributed by atoms with E-state index in [0.717, 1.165) is 44.5 Å². The van der Waals surface area contributed by atoms with Crippen molar-refractivity contribution in [2.75, 3.05) is 0 Å². The second-order valence-corrected chi connectivity index (χ2v) is 8.54. The number of halogens is 1. The highest BCUT2D eigenvalue weighted by atomic mass is 19.1. The molecule has 6 aromatic rings. The smallest absolute Gasteiger partial charge is 0.216 e. The van der Waals surface area contributed by atoms with E-state index in [0.29, 0.717) is 16.7 Å². The summed E-state index contributed by atoms with van der Waals surface area (Å²) in [6.45, 7) is 2.06. The van der Waals surface area contributed by atoms with E-state index < -0.39 is 5.82 Å². The Labute approximate surface area is 196 Å². The summed E-state index contributed by atoms with van der Waals surface area (Å²) in [5.41, 5.74) is 8.23. The molecular weight excluding hydrogens is 423 g/mol. The first-order chi connectivity index (χ1) is 16.6. The molecule has 0 aliphatic rings. The number of furan rings is 1. The van der Waals surface area contributed by atoms with Crippen LogP contribution in [-0.2, 0) is 7.05 Å². The third-order valence-electron chi connectivity index (χ3n) is 6.38. The first-order valence-corrected chi connectivity index (χ1v) is 11.2. The zero-order chi connectivity index (χ0) is 23.2. The van der Waals surface area contributed by atoms with Gasteiger partial charge in [0.15, 0.2) is 23.2 Å². The molecule has 164 valence electrons. The van der Waals surface area contributed by atoms with Gasteiger partial charge in [0, 0.05) is 17.5 Å². The van der Waals surface area contributed by atoms with Crippen LogP contribution in [0.1, 0.15) is 5.56 Å². The number of pyridine rings is 2. The lowest BCUT2D eigenvalue weighted by Crippen LogP contribution is -2.30. The molecule has 3 nitrogen and oxygen atoms in total. The van der Waals surface area contributed by atoms with E-state index in [2.05, 4.69) is 28.6 Å². The molecule has 3 heterocycles. The molecule has 0 bridgehead atoms. The molecule has 0 saturated heterocycles. The Hall–Kier alpha value is -4.31. The van der Waals surface area contributed by atoms with E-state index in [1.807, 2.05) is 86.0 Å². The van der Waals surface area contributed by atoms with Crippen LogP contribution in [0, 0.1) is 12.7 Å². The fourth-order valence-corrected chi connectivity index (χ4v) is 4.69. The van der Waals surface area contributed by atoms with E-state index in [9.17, 15) is 0 Å². The van der Waals surface area contributed by atoms with Gasteiger partial charge in [0.1, 0.15) is 12.6 Å². The summed E-state index contributed by atoms with van der Waals surface area (Å²) in [5.74, 6) is -0.402. The quantitative estimate of drug-likeness (QED) is 0.269. The van der Waals surface area contributed by atoms with Gasteiger partial charge in [-0.15, -0.1) is 0 Å². The summed E-state index contributed by atoms with van der Waals surface area (Å²) in [6, 6.07) is 28.1. The predicted molar refractivity (Wildman–Crippen MR) is 134 cm³/mol. The van der Waals surface area contributed by atoms with Crippen molar-refractivity contribution in [1.29, 1.82) is 0 Å². The minimum absolute atomic E-state index is 0.402. The zero-order valence-electron chi connectivity index (χ0n) is 18.9. The molecule has 0 radical (unpaired) electrons. The number of hydrogen-bond acceptors (Lipinski definition) is 2. The van der Waals surface area contributed by atoms with Crippen molar-refractivity contribution in [3.8, 4) is 33.5 Å². The molecule has 0 N–H and O–H groups in total. The minimum Gasteiger partial charge on any atom is -0.453 e. The maximum absolute atomic E-state index is 15.3. The normalized spacial score (nSPS) is 11.4. The van der Waals surface area contributed by atoms with Gasteiger partial charge in [0.25, 0.3) is 0 Å². The molecule has 0 aliphatic heterocycles. The fraction of sp³-hybridized carbons (Fsp3) is 0.0667. The highest BCUT2D eigenvalue weighted by molar-refractivity contribution is 6.11. The average Bonchev–Trinajstić information content (AvgIpc) is 3.23. The lowest BCUT2D eigenvalue weighted by molar-refractivity contribution is -0.660. The Morgan fingerprint density at radius 1 is 0.765 bits per heavy atom. The van der Waals surface area contributed by atoms with Crippen LogP contribution in [0.5, 0.6) is 0 Å². The molecule has 6 rings (SSSR count). The van der Waals surface area contributed by atoms with E-state index >= 15 is 4.39 Å². The number of hydrogen-bond donors (Lipinski definition) is 0. The monoisotopic (exact) mass is 445 g/mol. The Balaban J connectivity index is 1.64. The number of benzene rings is 3. The van der Waals surface area contributed by atoms with Gasteiger partial charge in [-0.2, -0.15) is 0 Å². The number of fused-ring (bicyclic) bond motifs is 3. The summed E-state index contributed by atoms with van der Waals surface area (Å²) in [7, 11) is 2.01. The van der Waals surface area contributed by atoms with Crippen LogP contribution in [0.25, 0.3) is 55.6 Å². The van der Waals surface area contributed by atoms with E-state index in [1.54, 1.807) is 0 Å². The van der Waals surface area contributed by atoms with E-state index in [4.69, 9.17) is 4.42 Å². The van der Waals surface area contributed by atoms with Crippen molar-refractivity contribution in [2.24, 2.45) is 7.05 Å². The van der Waals surface area contributed by atoms with Crippen molar-refractivity contribution in [3.63, 3.8) is 0 Å². The molecule has 0 unspecified atom stereocenters. The SMILES string of the molecule is Cc1ccc2c(oc3c(-c4cccc(-c5ccccc5)c4)c(F)cnc32)c1-c1cccc[n+]1C. The Morgan fingerprint density at radius 3 is 2.35 bits per heavy atom.